The van der Waals surface area contributed by atoms with Gasteiger partial charge in [-0.2, -0.15) is 0 Å². The van der Waals surface area contributed by atoms with Crippen LogP contribution in [0.5, 0.6) is 0 Å². The summed E-state index contributed by atoms with van der Waals surface area (Å²) in [5.74, 6) is -1.99. The fourth-order valence-electron chi connectivity index (χ4n) is 4.72. The Balaban J connectivity index is 1.54. The molecule has 1 heterocycles. The first-order chi connectivity index (χ1) is 17.6. The molecule has 0 spiro atoms. The van der Waals surface area contributed by atoms with Crippen molar-refractivity contribution in [1.82, 2.24) is 15.6 Å². The summed E-state index contributed by atoms with van der Waals surface area (Å²) in [5, 5.41) is 17.3. The van der Waals surface area contributed by atoms with Crippen LogP contribution in [0.2, 0.25) is 10.0 Å². The molecule has 0 fully saturated rings. The van der Waals surface area contributed by atoms with E-state index in [1.807, 2.05) is 44.2 Å². The van der Waals surface area contributed by atoms with Gasteiger partial charge in [0.05, 0.1) is 10.5 Å². The molecule has 1 aliphatic rings. The largest absolute Gasteiger partial charge is 0.479 e. The van der Waals surface area contributed by atoms with E-state index in [2.05, 4.69) is 15.6 Å². The maximum absolute atomic E-state index is 13.5. The summed E-state index contributed by atoms with van der Waals surface area (Å²) in [6.45, 7) is 3.76. The number of carboxylic acids is 1. The minimum absolute atomic E-state index is 0.0474. The smallest absolute Gasteiger partial charge is 0.408 e. The first kappa shape index (κ1) is 26.8. The van der Waals surface area contributed by atoms with Crippen LogP contribution in [0.1, 0.15) is 43.5 Å². The van der Waals surface area contributed by atoms with Crippen molar-refractivity contribution >= 4 is 52.1 Å². The van der Waals surface area contributed by atoms with E-state index < -0.39 is 29.6 Å². The molecule has 8 nitrogen and oxygen atoms in total. The van der Waals surface area contributed by atoms with Crippen molar-refractivity contribution in [1.29, 1.82) is 0 Å². The molecule has 2 unspecified atom stereocenters. The number of carbonyl (C=O) groups is 3. The van der Waals surface area contributed by atoms with Crippen LogP contribution in [0.3, 0.4) is 0 Å². The fourth-order valence-corrected chi connectivity index (χ4v) is 5.26. The summed E-state index contributed by atoms with van der Waals surface area (Å²) in [7, 11) is 0. The van der Waals surface area contributed by atoms with Crippen molar-refractivity contribution in [3.05, 3.63) is 69.3 Å². The van der Waals surface area contributed by atoms with Gasteiger partial charge in [-0.05, 0) is 42.0 Å². The van der Waals surface area contributed by atoms with E-state index in [1.54, 1.807) is 12.1 Å². The van der Waals surface area contributed by atoms with Crippen molar-refractivity contribution in [2.45, 2.75) is 57.7 Å². The number of benzene rings is 2. The summed E-state index contributed by atoms with van der Waals surface area (Å²) in [4.78, 5) is 41.8. The number of aryl methyl sites for hydroxylation is 1. The number of rotatable bonds is 8. The van der Waals surface area contributed by atoms with Crippen LogP contribution in [-0.2, 0) is 33.8 Å². The van der Waals surface area contributed by atoms with Gasteiger partial charge in [0, 0.05) is 22.5 Å². The van der Waals surface area contributed by atoms with Crippen molar-refractivity contribution in [3.63, 3.8) is 0 Å². The molecule has 0 bridgehead atoms. The quantitative estimate of drug-likeness (QED) is 0.308. The number of alkyl carbamates (subject to hydrolysis) is 1. The van der Waals surface area contributed by atoms with Gasteiger partial charge in [0.2, 0.25) is 5.91 Å². The number of carboxylic acid groups (broad SMARTS) is 1. The number of H-pyrrole nitrogens is 1. The highest BCUT2D eigenvalue weighted by atomic mass is 35.5. The number of amides is 2. The van der Waals surface area contributed by atoms with Crippen LogP contribution >= 0.6 is 23.2 Å². The van der Waals surface area contributed by atoms with Gasteiger partial charge in [0.25, 0.3) is 0 Å². The number of aliphatic carboxylic acids is 1. The van der Waals surface area contributed by atoms with Crippen LogP contribution in [0.4, 0.5) is 4.79 Å². The number of hydrogen-bond donors (Lipinski definition) is 4. The number of aromatic nitrogens is 1. The maximum Gasteiger partial charge on any atom is 0.408 e. The number of nitrogens with one attached hydrogen (secondary N) is 3. The molecule has 0 radical (unpaired) electrons. The molecule has 0 saturated heterocycles. The second kappa shape index (κ2) is 11.0. The Morgan fingerprint density at radius 2 is 1.92 bits per heavy atom. The van der Waals surface area contributed by atoms with Gasteiger partial charge in [-0.25, -0.2) is 9.59 Å². The van der Waals surface area contributed by atoms with Crippen molar-refractivity contribution in [3.8, 4) is 0 Å². The molecule has 2 amide bonds. The van der Waals surface area contributed by atoms with Gasteiger partial charge in [-0.3, -0.25) is 4.79 Å². The lowest BCUT2D eigenvalue weighted by Crippen LogP contribution is -2.62. The van der Waals surface area contributed by atoms with Gasteiger partial charge >= 0.3 is 12.1 Å². The molecule has 3 aromatic rings. The molecule has 1 aliphatic carbocycles. The van der Waals surface area contributed by atoms with Gasteiger partial charge in [-0.15, -0.1) is 0 Å². The Morgan fingerprint density at radius 3 is 2.59 bits per heavy atom. The zero-order chi connectivity index (χ0) is 26.7. The maximum atomic E-state index is 13.5. The topological polar surface area (TPSA) is 121 Å². The number of halogens is 2. The highest BCUT2D eigenvalue weighted by Crippen LogP contribution is 2.38. The van der Waals surface area contributed by atoms with E-state index in [4.69, 9.17) is 27.9 Å². The second-order valence-electron chi connectivity index (χ2n) is 9.51. The molecule has 0 saturated carbocycles. The zero-order valence-electron chi connectivity index (χ0n) is 20.6. The Bertz CT molecular complexity index is 1330. The first-order valence-electron chi connectivity index (χ1n) is 12.1. The standard InChI is InChI=1S/C27H29Cl2N3O5/c1-3-15(2)22(31-26(36)37-14-16-7-5-4-6-8-16)24(33)32-27(25(34)35)10-9-21-19(13-27)18-11-17(28)12-20(29)23(18)30-21/h4-8,11-12,15,22,30H,3,9-10,13-14H2,1-2H3,(H,31,36)(H,32,33)(H,34,35)/t15?,22-,27?/m0/s1. The third kappa shape index (κ3) is 5.70. The van der Waals surface area contributed by atoms with Crippen LogP contribution in [0, 0.1) is 5.92 Å². The Morgan fingerprint density at radius 1 is 1.19 bits per heavy atom. The Kier molecular flexibility index (Phi) is 7.99. The van der Waals surface area contributed by atoms with Gasteiger partial charge < -0.3 is 25.5 Å². The van der Waals surface area contributed by atoms with Crippen molar-refractivity contribution in [2.75, 3.05) is 0 Å². The SMILES string of the molecule is CCC(C)[C@H](NC(=O)OCc1ccccc1)C(=O)NC1(C(=O)O)CCc2[nH]c3c(Cl)cc(Cl)cc3c2C1. The van der Waals surface area contributed by atoms with E-state index in [-0.39, 0.29) is 25.4 Å². The van der Waals surface area contributed by atoms with E-state index in [1.165, 1.54) is 0 Å². The highest BCUT2D eigenvalue weighted by Gasteiger charge is 2.45. The summed E-state index contributed by atoms with van der Waals surface area (Å²) >= 11 is 12.6. The average Bonchev–Trinajstić information content (AvgIpc) is 3.24. The number of carbonyl (C=O) groups excluding carboxylic acids is 2. The third-order valence-corrected chi connectivity index (χ3v) is 7.57. The molecule has 3 atom stereocenters. The molecule has 4 N–H and O–H groups in total. The predicted octanol–water partition coefficient (Wildman–Crippen LogP) is 5.24. The molecule has 0 aliphatic heterocycles. The molecule has 4 rings (SSSR count). The molecule has 10 heteroatoms. The van der Waals surface area contributed by atoms with E-state index >= 15 is 0 Å². The lowest BCUT2D eigenvalue weighted by Gasteiger charge is -2.36. The van der Waals surface area contributed by atoms with Crippen molar-refractivity contribution in [2.24, 2.45) is 5.92 Å². The first-order valence-corrected chi connectivity index (χ1v) is 12.9. The van der Waals surface area contributed by atoms with E-state index in [9.17, 15) is 19.5 Å². The Labute approximate surface area is 224 Å². The number of ether oxygens (including phenoxy) is 1. The lowest BCUT2D eigenvalue weighted by molar-refractivity contribution is -0.148. The van der Waals surface area contributed by atoms with Gasteiger partial charge in [0.1, 0.15) is 18.2 Å². The third-order valence-electron chi connectivity index (χ3n) is 7.05. The second-order valence-corrected chi connectivity index (χ2v) is 10.4. The molecule has 37 heavy (non-hydrogen) atoms. The highest BCUT2D eigenvalue weighted by molar-refractivity contribution is 6.38. The fraction of sp³-hybridized carbons (Fsp3) is 0.370. The molecular formula is C27H29Cl2N3O5. The summed E-state index contributed by atoms with van der Waals surface area (Å²) < 4.78 is 5.30. The molecule has 196 valence electrons. The number of fused-ring (bicyclic) bond motifs is 3. The van der Waals surface area contributed by atoms with Crippen LogP contribution in [0.25, 0.3) is 10.9 Å². The molecular weight excluding hydrogens is 517 g/mol. The van der Waals surface area contributed by atoms with Crippen molar-refractivity contribution < 1.29 is 24.2 Å². The normalized spacial score (nSPS) is 18.5. The van der Waals surface area contributed by atoms with E-state index in [0.717, 1.165) is 22.2 Å². The molecule has 1 aromatic heterocycles. The predicted molar refractivity (Wildman–Crippen MR) is 142 cm³/mol. The average molecular weight is 546 g/mol. The summed E-state index contributed by atoms with van der Waals surface area (Å²) in [6, 6.07) is 11.6. The number of hydrogen-bond acceptors (Lipinski definition) is 4. The minimum atomic E-state index is -1.56. The molecule has 2 aromatic carbocycles. The monoisotopic (exact) mass is 545 g/mol. The van der Waals surface area contributed by atoms with Crippen LogP contribution in [-0.4, -0.2) is 39.6 Å². The minimum Gasteiger partial charge on any atom is -0.479 e. The summed E-state index contributed by atoms with van der Waals surface area (Å²) in [5.41, 5.74) is 1.55. The number of aromatic amines is 1. The Hall–Kier alpha value is -3.23. The lowest BCUT2D eigenvalue weighted by atomic mass is 9.79. The van der Waals surface area contributed by atoms with E-state index in [0.29, 0.717) is 28.4 Å². The van der Waals surface area contributed by atoms with Crippen LogP contribution < -0.4 is 10.6 Å². The van der Waals surface area contributed by atoms with Gasteiger partial charge in [-0.1, -0.05) is 73.8 Å². The van der Waals surface area contributed by atoms with Gasteiger partial charge in [0.15, 0.2) is 0 Å². The van der Waals surface area contributed by atoms with Crippen LogP contribution in [0.15, 0.2) is 42.5 Å². The summed E-state index contributed by atoms with van der Waals surface area (Å²) in [6.07, 6.45) is 0.447. The zero-order valence-corrected chi connectivity index (χ0v) is 22.1.